The number of carbonyl (C=O) groups is 1. The highest BCUT2D eigenvalue weighted by Gasteiger charge is 2.30. The van der Waals surface area contributed by atoms with Crippen LogP contribution in [0.4, 0.5) is 0 Å². The van der Waals surface area contributed by atoms with Crippen LogP contribution in [0, 0.1) is 0 Å². The molecule has 1 fully saturated rings. The lowest BCUT2D eigenvalue weighted by molar-refractivity contribution is 0.0747. The van der Waals surface area contributed by atoms with Crippen LogP contribution >= 0.6 is 27.7 Å². The number of hydrogen-bond acceptors (Lipinski definition) is 3. The Morgan fingerprint density at radius 3 is 2.94 bits per heavy atom. The van der Waals surface area contributed by atoms with Crippen LogP contribution in [0.5, 0.6) is 0 Å². The Balaban J connectivity index is 2.15. The summed E-state index contributed by atoms with van der Waals surface area (Å²) in [5.41, 5.74) is 0.655. The van der Waals surface area contributed by atoms with Gasteiger partial charge in [0, 0.05) is 40.5 Å². The first-order valence-electron chi connectivity index (χ1n) is 5.52. The van der Waals surface area contributed by atoms with Gasteiger partial charge in [-0.1, -0.05) is 0 Å². The Bertz CT molecular complexity index is 436. The van der Waals surface area contributed by atoms with Crippen LogP contribution in [-0.4, -0.2) is 39.4 Å². The molecule has 0 aliphatic carbocycles. The van der Waals surface area contributed by atoms with Crippen molar-refractivity contribution in [3.63, 3.8) is 0 Å². The van der Waals surface area contributed by atoms with E-state index in [1.807, 2.05) is 22.7 Å². The lowest BCUT2D eigenvalue weighted by atomic mass is 10.1. The Morgan fingerprint density at radius 2 is 2.29 bits per heavy atom. The molecule has 0 unspecified atom stereocenters. The van der Waals surface area contributed by atoms with Crippen molar-refractivity contribution in [2.45, 2.75) is 18.6 Å². The summed E-state index contributed by atoms with van der Waals surface area (Å²) in [6.45, 7) is 5.97. The number of thioether (sulfide) groups is 1. The van der Waals surface area contributed by atoms with Gasteiger partial charge in [-0.05, 0) is 35.8 Å². The lowest BCUT2D eigenvalue weighted by Crippen LogP contribution is -2.46. The quantitative estimate of drug-likeness (QED) is 0.799. The summed E-state index contributed by atoms with van der Waals surface area (Å²) in [6.07, 6.45) is 3.31. The molecular formula is C12H15BrN2OS. The summed E-state index contributed by atoms with van der Waals surface area (Å²) in [4.78, 5) is 18.2. The SMILES string of the molecule is CC1(C)CN(C(=O)c2cncc(Br)c2)CCS1. The molecule has 1 aliphatic heterocycles. The molecule has 1 saturated heterocycles. The second kappa shape index (κ2) is 4.98. The van der Waals surface area contributed by atoms with E-state index in [-0.39, 0.29) is 10.7 Å². The van der Waals surface area contributed by atoms with E-state index in [4.69, 9.17) is 0 Å². The van der Waals surface area contributed by atoms with E-state index in [1.54, 1.807) is 12.4 Å². The number of hydrogen-bond donors (Lipinski definition) is 0. The molecule has 0 saturated carbocycles. The molecule has 1 aliphatic rings. The molecule has 0 radical (unpaired) electrons. The normalized spacial score (nSPS) is 19.1. The maximum Gasteiger partial charge on any atom is 0.255 e. The van der Waals surface area contributed by atoms with Crippen molar-refractivity contribution in [1.29, 1.82) is 0 Å². The van der Waals surface area contributed by atoms with E-state index in [0.717, 1.165) is 23.3 Å². The second-order valence-corrected chi connectivity index (χ2v) is 7.44. The van der Waals surface area contributed by atoms with Crippen molar-refractivity contribution < 1.29 is 4.79 Å². The third-order valence-electron chi connectivity index (χ3n) is 2.66. The lowest BCUT2D eigenvalue weighted by Gasteiger charge is -2.37. The fourth-order valence-electron chi connectivity index (χ4n) is 1.90. The predicted molar refractivity (Wildman–Crippen MR) is 74.4 cm³/mol. The van der Waals surface area contributed by atoms with E-state index in [9.17, 15) is 4.79 Å². The van der Waals surface area contributed by atoms with Gasteiger partial charge in [-0.3, -0.25) is 9.78 Å². The van der Waals surface area contributed by atoms with Crippen LogP contribution in [0.15, 0.2) is 22.9 Å². The average Bonchev–Trinajstić information content (AvgIpc) is 2.26. The molecule has 1 aromatic heterocycles. The van der Waals surface area contributed by atoms with Crippen LogP contribution < -0.4 is 0 Å². The second-order valence-electron chi connectivity index (χ2n) is 4.73. The zero-order valence-corrected chi connectivity index (χ0v) is 12.3. The van der Waals surface area contributed by atoms with E-state index < -0.39 is 0 Å². The largest absolute Gasteiger partial charge is 0.336 e. The number of amides is 1. The molecule has 92 valence electrons. The minimum Gasteiger partial charge on any atom is -0.336 e. The summed E-state index contributed by atoms with van der Waals surface area (Å²) in [5, 5.41) is 0. The van der Waals surface area contributed by atoms with Gasteiger partial charge < -0.3 is 4.90 Å². The minimum absolute atomic E-state index is 0.0761. The highest BCUT2D eigenvalue weighted by atomic mass is 79.9. The van der Waals surface area contributed by atoms with Crippen LogP contribution in [0.25, 0.3) is 0 Å². The van der Waals surface area contributed by atoms with Gasteiger partial charge in [-0.15, -0.1) is 0 Å². The predicted octanol–water partition coefficient (Wildman–Crippen LogP) is 2.81. The molecule has 0 N–H and O–H groups in total. The first-order chi connectivity index (χ1) is 7.98. The van der Waals surface area contributed by atoms with Crippen molar-refractivity contribution in [2.24, 2.45) is 0 Å². The molecule has 0 bridgehead atoms. The molecule has 3 nitrogen and oxygen atoms in total. The van der Waals surface area contributed by atoms with Gasteiger partial charge in [0.05, 0.1) is 5.56 Å². The van der Waals surface area contributed by atoms with Gasteiger partial charge in [0.25, 0.3) is 5.91 Å². The van der Waals surface area contributed by atoms with Crippen LogP contribution in [0.1, 0.15) is 24.2 Å². The number of rotatable bonds is 1. The van der Waals surface area contributed by atoms with Crippen LogP contribution in [0.2, 0.25) is 0 Å². The van der Waals surface area contributed by atoms with Crippen LogP contribution in [-0.2, 0) is 0 Å². The standard InChI is InChI=1S/C12H15BrN2OS/c1-12(2)8-15(3-4-17-12)11(16)9-5-10(13)7-14-6-9/h5-7H,3-4,8H2,1-2H3. The summed E-state index contributed by atoms with van der Waals surface area (Å²) >= 11 is 5.26. The number of nitrogens with zero attached hydrogens (tertiary/aromatic N) is 2. The number of pyridine rings is 1. The molecular weight excluding hydrogens is 300 g/mol. The monoisotopic (exact) mass is 314 g/mol. The topological polar surface area (TPSA) is 33.2 Å². The van der Waals surface area contributed by atoms with Gasteiger partial charge in [0.1, 0.15) is 0 Å². The number of aromatic nitrogens is 1. The van der Waals surface area contributed by atoms with Gasteiger partial charge >= 0.3 is 0 Å². The first-order valence-corrected chi connectivity index (χ1v) is 7.30. The van der Waals surface area contributed by atoms with E-state index in [0.29, 0.717) is 5.56 Å². The molecule has 1 aromatic rings. The van der Waals surface area contributed by atoms with Crippen molar-refractivity contribution >= 4 is 33.6 Å². The molecule has 0 spiro atoms. The van der Waals surface area contributed by atoms with Crippen molar-refractivity contribution in [2.75, 3.05) is 18.8 Å². The molecule has 0 atom stereocenters. The number of carbonyl (C=O) groups excluding carboxylic acids is 1. The molecule has 1 amide bonds. The highest BCUT2D eigenvalue weighted by molar-refractivity contribution is 9.10. The third-order valence-corrected chi connectivity index (χ3v) is 4.40. The zero-order chi connectivity index (χ0) is 12.5. The third kappa shape index (κ3) is 3.22. The minimum atomic E-state index is 0.0761. The average molecular weight is 315 g/mol. The van der Waals surface area contributed by atoms with Gasteiger partial charge in [0.15, 0.2) is 0 Å². The van der Waals surface area contributed by atoms with E-state index in [1.165, 1.54) is 0 Å². The summed E-state index contributed by atoms with van der Waals surface area (Å²) < 4.78 is 0.988. The van der Waals surface area contributed by atoms with E-state index >= 15 is 0 Å². The van der Waals surface area contributed by atoms with E-state index in [2.05, 4.69) is 34.8 Å². The fourth-order valence-corrected chi connectivity index (χ4v) is 3.38. The summed E-state index contributed by atoms with van der Waals surface area (Å²) in [6, 6.07) is 1.82. The van der Waals surface area contributed by atoms with Gasteiger partial charge in [0.2, 0.25) is 0 Å². The Kier molecular flexibility index (Phi) is 3.78. The van der Waals surface area contributed by atoms with Crippen molar-refractivity contribution in [1.82, 2.24) is 9.88 Å². The smallest absolute Gasteiger partial charge is 0.255 e. The number of halogens is 1. The maximum atomic E-state index is 12.3. The molecule has 17 heavy (non-hydrogen) atoms. The van der Waals surface area contributed by atoms with Crippen molar-refractivity contribution in [3.05, 3.63) is 28.5 Å². The Labute approximate surface area is 114 Å². The van der Waals surface area contributed by atoms with Gasteiger partial charge in [-0.2, -0.15) is 11.8 Å². The molecule has 2 rings (SSSR count). The highest BCUT2D eigenvalue weighted by Crippen LogP contribution is 2.30. The zero-order valence-electron chi connectivity index (χ0n) is 9.94. The summed E-state index contributed by atoms with van der Waals surface area (Å²) in [5.74, 6) is 1.08. The maximum absolute atomic E-state index is 12.3. The summed E-state index contributed by atoms with van der Waals surface area (Å²) in [7, 11) is 0. The molecule has 5 heteroatoms. The fraction of sp³-hybridized carbons (Fsp3) is 0.500. The first kappa shape index (κ1) is 12.9. The molecule has 2 heterocycles. The van der Waals surface area contributed by atoms with Crippen molar-refractivity contribution in [3.8, 4) is 0 Å². The Hall–Kier alpha value is -0.550. The van der Waals surface area contributed by atoms with Crippen LogP contribution in [0.3, 0.4) is 0 Å². The van der Waals surface area contributed by atoms with Gasteiger partial charge in [-0.25, -0.2) is 0 Å². The molecule has 0 aromatic carbocycles. The Morgan fingerprint density at radius 1 is 1.53 bits per heavy atom.